The third-order valence-corrected chi connectivity index (χ3v) is 4.37. The molecule has 0 saturated carbocycles. The predicted molar refractivity (Wildman–Crippen MR) is 98.9 cm³/mol. The molecule has 0 unspecified atom stereocenters. The summed E-state index contributed by atoms with van der Waals surface area (Å²) >= 11 is 0. The van der Waals surface area contributed by atoms with E-state index in [0.717, 1.165) is 5.56 Å². The van der Waals surface area contributed by atoms with Crippen molar-refractivity contribution >= 4 is 11.9 Å². The molecular formula is C19H16F5N5O. The van der Waals surface area contributed by atoms with Crippen molar-refractivity contribution < 1.29 is 26.7 Å². The monoisotopic (exact) mass is 425 g/mol. The fourth-order valence-electron chi connectivity index (χ4n) is 2.56. The van der Waals surface area contributed by atoms with Gasteiger partial charge in [0.25, 0.3) is 0 Å². The molecule has 0 spiro atoms. The maximum atomic E-state index is 13.9. The Bertz CT molecular complexity index is 1040. The second-order valence-electron chi connectivity index (χ2n) is 6.19. The Hall–Kier alpha value is -3.50. The number of nitrogens with zero attached hydrogens (tertiary/aromatic N) is 4. The van der Waals surface area contributed by atoms with Gasteiger partial charge in [0.1, 0.15) is 0 Å². The zero-order chi connectivity index (χ0) is 22.0. The molecule has 0 saturated heterocycles. The number of hydrogen-bond donors (Lipinski definition) is 1. The van der Waals surface area contributed by atoms with Crippen molar-refractivity contribution in [2.75, 3.05) is 24.3 Å². The van der Waals surface area contributed by atoms with Crippen LogP contribution < -0.4 is 15.0 Å². The van der Waals surface area contributed by atoms with Crippen LogP contribution in [0.4, 0.5) is 33.8 Å². The Morgan fingerprint density at radius 1 is 0.867 bits per heavy atom. The van der Waals surface area contributed by atoms with Gasteiger partial charge in [-0.1, -0.05) is 30.3 Å². The van der Waals surface area contributed by atoms with Crippen molar-refractivity contribution in [1.29, 1.82) is 0 Å². The molecule has 3 rings (SSSR count). The van der Waals surface area contributed by atoms with Crippen LogP contribution in [0, 0.1) is 29.1 Å². The minimum atomic E-state index is -2.29. The van der Waals surface area contributed by atoms with Crippen LogP contribution in [0.2, 0.25) is 0 Å². The van der Waals surface area contributed by atoms with E-state index in [1.807, 2.05) is 37.3 Å². The van der Waals surface area contributed by atoms with Gasteiger partial charge in [0.05, 0.1) is 6.04 Å². The lowest BCUT2D eigenvalue weighted by Crippen LogP contribution is -2.24. The topological polar surface area (TPSA) is 63.2 Å². The molecule has 1 aromatic heterocycles. The van der Waals surface area contributed by atoms with Crippen molar-refractivity contribution in [2.45, 2.75) is 13.0 Å². The molecule has 11 heteroatoms. The molecule has 0 aliphatic rings. The quantitative estimate of drug-likeness (QED) is 0.354. The van der Waals surface area contributed by atoms with E-state index >= 15 is 0 Å². The third-order valence-electron chi connectivity index (χ3n) is 4.37. The van der Waals surface area contributed by atoms with Crippen LogP contribution >= 0.6 is 0 Å². The number of aromatic nitrogens is 3. The van der Waals surface area contributed by atoms with Crippen LogP contribution in [0.1, 0.15) is 18.5 Å². The minimum Gasteiger partial charge on any atom is -0.418 e. The Morgan fingerprint density at radius 2 is 1.43 bits per heavy atom. The van der Waals surface area contributed by atoms with Gasteiger partial charge in [0.15, 0.2) is 0 Å². The van der Waals surface area contributed by atoms with E-state index in [0.29, 0.717) is 0 Å². The minimum absolute atomic E-state index is 0.0361. The second kappa shape index (κ2) is 8.47. The summed E-state index contributed by atoms with van der Waals surface area (Å²) in [4.78, 5) is 13.5. The lowest BCUT2D eigenvalue weighted by molar-refractivity contribution is 0.322. The van der Waals surface area contributed by atoms with Gasteiger partial charge in [0, 0.05) is 14.1 Å². The molecule has 0 radical (unpaired) electrons. The van der Waals surface area contributed by atoms with Crippen LogP contribution in [0.25, 0.3) is 0 Å². The van der Waals surface area contributed by atoms with E-state index < -0.39 is 40.8 Å². The maximum absolute atomic E-state index is 13.9. The van der Waals surface area contributed by atoms with E-state index in [1.165, 1.54) is 7.05 Å². The Labute approximate surface area is 168 Å². The fraction of sp³-hybridized carbons (Fsp3) is 0.211. The SMILES string of the molecule is CNc1nc(Oc2c(F)c(F)c(F)c(F)c2F)nc(N(C)[C@@H](C)c2ccccc2)n1. The number of rotatable bonds is 6. The molecule has 0 amide bonds. The molecule has 0 aliphatic heterocycles. The normalized spacial score (nSPS) is 11.9. The van der Waals surface area contributed by atoms with E-state index in [1.54, 1.807) is 11.9 Å². The lowest BCUT2D eigenvalue weighted by atomic mass is 10.1. The summed E-state index contributed by atoms with van der Waals surface area (Å²) in [6.07, 6.45) is 0. The molecule has 1 atom stereocenters. The fourth-order valence-corrected chi connectivity index (χ4v) is 2.56. The first-order valence-electron chi connectivity index (χ1n) is 8.65. The Kier molecular flexibility index (Phi) is 5.99. The first kappa shape index (κ1) is 21.2. The smallest absolute Gasteiger partial charge is 0.328 e. The van der Waals surface area contributed by atoms with Crippen molar-refractivity contribution in [2.24, 2.45) is 0 Å². The molecule has 2 aromatic carbocycles. The molecule has 0 fully saturated rings. The lowest BCUT2D eigenvalue weighted by Gasteiger charge is -2.25. The molecule has 3 aromatic rings. The van der Waals surface area contributed by atoms with Gasteiger partial charge in [-0.3, -0.25) is 0 Å². The zero-order valence-electron chi connectivity index (χ0n) is 16.1. The summed E-state index contributed by atoms with van der Waals surface area (Å²) in [5, 5.41) is 2.62. The van der Waals surface area contributed by atoms with Crippen LogP contribution in [0.5, 0.6) is 11.8 Å². The number of anilines is 2. The highest BCUT2D eigenvalue weighted by atomic mass is 19.2. The van der Waals surface area contributed by atoms with Gasteiger partial charge in [-0.05, 0) is 12.5 Å². The highest BCUT2D eigenvalue weighted by Gasteiger charge is 2.28. The second-order valence-corrected chi connectivity index (χ2v) is 6.19. The van der Waals surface area contributed by atoms with E-state index in [2.05, 4.69) is 20.3 Å². The molecule has 6 nitrogen and oxygen atoms in total. The molecule has 158 valence electrons. The highest BCUT2D eigenvalue weighted by Crippen LogP contribution is 2.32. The van der Waals surface area contributed by atoms with Gasteiger partial charge in [-0.2, -0.15) is 23.7 Å². The molecule has 1 heterocycles. The molecule has 0 bridgehead atoms. The number of hydrogen-bond acceptors (Lipinski definition) is 6. The first-order chi connectivity index (χ1) is 14.2. The summed E-state index contributed by atoms with van der Waals surface area (Å²) < 4.78 is 72.8. The van der Waals surface area contributed by atoms with Crippen LogP contribution in [0.15, 0.2) is 30.3 Å². The average Bonchev–Trinajstić information content (AvgIpc) is 2.78. The van der Waals surface area contributed by atoms with Crippen LogP contribution in [0.3, 0.4) is 0 Å². The maximum Gasteiger partial charge on any atom is 0.328 e. The highest BCUT2D eigenvalue weighted by molar-refractivity contribution is 5.41. The first-order valence-corrected chi connectivity index (χ1v) is 8.65. The number of benzene rings is 2. The van der Waals surface area contributed by atoms with Crippen LogP contribution in [-0.4, -0.2) is 29.0 Å². The molecular weight excluding hydrogens is 409 g/mol. The number of ether oxygens (including phenoxy) is 1. The molecule has 1 N–H and O–H groups in total. The standard InChI is InChI=1S/C19H16F5N5O/c1-9(10-7-5-4-6-8-10)29(3)18-26-17(25-2)27-19(28-18)30-16-14(23)12(21)11(20)13(22)15(16)24/h4-9H,1-3H3,(H,25,26,27,28)/t9-/m0/s1. The molecule has 0 aliphatic carbocycles. The van der Waals surface area contributed by atoms with Gasteiger partial charge in [-0.25, -0.2) is 13.2 Å². The summed E-state index contributed by atoms with van der Waals surface area (Å²) in [6.45, 7) is 1.86. The van der Waals surface area contributed by atoms with Crippen molar-refractivity contribution in [3.63, 3.8) is 0 Å². The van der Waals surface area contributed by atoms with E-state index in [4.69, 9.17) is 4.74 Å². The van der Waals surface area contributed by atoms with E-state index in [-0.39, 0.29) is 17.9 Å². The van der Waals surface area contributed by atoms with Crippen molar-refractivity contribution in [1.82, 2.24) is 15.0 Å². The molecule has 30 heavy (non-hydrogen) atoms. The van der Waals surface area contributed by atoms with Gasteiger partial charge in [0.2, 0.25) is 46.7 Å². The van der Waals surface area contributed by atoms with Gasteiger partial charge in [-0.15, -0.1) is 0 Å². The van der Waals surface area contributed by atoms with Crippen molar-refractivity contribution in [3.8, 4) is 11.8 Å². The third kappa shape index (κ3) is 3.95. The summed E-state index contributed by atoms with van der Waals surface area (Å²) in [5.41, 5.74) is 0.925. The Morgan fingerprint density at radius 3 is 2.00 bits per heavy atom. The average molecular weight is 425 g/mol. The zero-order valence-corrected chi connectivity index (χ0v) is 16.1. The van der Waals surface area contributed by atoms with Gasteiger partial charge < -0.3 is 15.0 Å². The summed E-state index contributed by atoms with van der Waals surface area (Å²) in [7, 11) is 3.14. The summed E-state index contributed by atoms with van der Waals surface area (Å²) in [6, 6.07) is 8.45. The van der Waals surface area contributed by atoms with Crippen LogP contribution in [-0.2, 0) is 0 Å². The summed E-state index contributed by atoms with van der Waals surface area (Å²) in [5.74, 6) is -12.3. The van der Waals surface area contributed by atoms with Gasteiger partial charge >= 0.3 is 6.01 Å². The predicted octanol–water partition coefficient (Wildman–Crippen LogP) is 4.60. The number of nitrogens with one attached hydrogen (secondary N) is 1. The van der Waals surface area contributed by atoms with Crippen molar-refractivity contribution in [3.05, 3.63) is 65.0 Å². The number of halogens is 5. The Balaban J connectivity index is 2.00. The van der Waals surface area contributed by atoms with E-state index in [9.17, 15) is 22.0 Å². The largest absolute Gasteiger partial charge is 0.418 e.